The van der Waals surface area contributed by atoms with Gasteiger partial charge in [-0.25, -0.2) is 0 Å². The fourth-order valence-electron chi connectivity index (χ4n) is 4.15. The van der Waals surface area contributed by atoms with Crippen molar-refractivity contribution >= 4 is 11.8 Å². The van der Waals surface area contributed by atoms with E-state index in [1.807, 2.05) is 0 Å². The summed E-state index contributed by atoms with van der Waals surface area (Å²) in [6.07, 6.45) is 5.48. The van der Waals surface area contributed by atoms with E-state index in [0.29, 0.717) is 17.0 Å². The van der Waals surface area contributed by atoms with Crippen LogP contribution < -0.4 is 5.32 Å². The number of hydrogen-bond donors (Lipinski definition) is 1. The summed E-state index contributed by atoms with van der Waals surface area (Å²) in [6.45, 7) is 10.1. The van der Waals surface area contributed by atoms with Crippen LogP contribution in [0.1, 0.15) is 39.5 Å². The van der Waals surface area contributed by atoms with Gasteiger partial charge in [-0.2, -0.15) is 11.8 Å². The van der Waals surface area contributed by atoms with Gasteiger partial charge in [0.1, 0.15) is 0 Å². The van der Waals surface area contributed by atoms with Crippen LogP contribution in [-0.2, 0) is 4.74 Å². The summed E-state index contributed by atoms with van der Waals surface area (Å²) >= 11 is 2.13. The monoisotopic (exact) mass is 298 g/mol. The quantitative estimate of drug-likeness (QED) is 0.861. The van der Waals surface area contributed by atoms with Crippen molar-refractivity contribution in [2.24, 2.45) is 5.41 Å². The zero-order chi connectivity index (χ0) is 14.1. The maximum atomic E-state index is 5.55. The molecule has 0 amide bonds. The lowest BCUT2D eigenvalue weighted by atomic mass is 9.86. The largest absolute Gasteiger partial charge is 0.379 e. The number of rotatable bonds is 4. The molecular formula is C16H30N2OS. The minimum absolute atomic E-state index is 0.396. The van der Waals surface area contributed by atoms with E-state index in [4.69, 9.17) is 4.74 Å². The molecule has 3 fully saturated rings. The van der Waals surface area contributed by atoms with Gasteiger partial charge in [-0.15, -0.1) is 0 Å². The predicted octanol–water partition coefficient (Wildman–Crippen LogP) is 2.36. The van der Waals surface area contributed by atoms with Crippen LogP contribution in [0.3, 0.4) is 0 Å². The van der Waals surface area contributed by atoms with Crippen molar-refractivity contribution in [2.75, 3.05) is 44.4 Å². The number of hydrogen-bond acceptors (Lipinski definition) is 4. The normalized spacial score (nSPS) is 38.4. The molecule has 3 nitrogen and oxygen atoms in total. The van der Waals surface area contributed by atoms with Gasteiger partial charge in [0, 0.05) is 37.0 Å². The molecule has 0 aromatic carbocycles. The van der Waals surface area contributed by atoms with Crippen molar-refractivity contribution < 1.29 is 4.74 Å². The second kappa shape index (κ2) is 6.15. The van der Waals surface area contributed by atoms with E-state index < -0.39 is 0 Å². The maximum Gasteiger partial charge on any atom is 0.0594 e. The molecule has 1 saturated carbocycles. The van der Waals surface area contributed by atoms with Crippen LogP contribution in [-0.4, -0.2) is 60.8 Å². The van der Waals surface area contributed by atoms with Crippen LogP contribution in [0.4, 0.5) is 0 Å². The summed E-state index contributed by atoms with van der Waals surface area (Å²) in [5, 5.41) is 3.96. The van der Waals surface area contributed by atoms with Crippen molar-refractivity contribution in [2.45, 2.75) is 51.1 Å². The van der Waals surface area contributed by atoms with Crippen LogP contribution in [0.15, 0.2) is 0 Å². The van der Waals surface area contributed by atoms with Crippen molar-refractivity contribution in [3.63, 3.8) is 0 Å². The first-order chi connectivity index (χ1) is 9.62. The third-order valence-corrected chi connectivity index (χ3v) is 6.93. The van der Waals surface area contributed by atoms with E-state index in [-0.39, 0.29) is 0 Å². The Hall–Kier alpha value is 0.230. The third-order valence-electron chi connectivity index (χ3n) is 5.70. The van der Waals surface area contributed by atoms with Gasteiger partial charge in [-0.05, 0) is 30.4 Å². The summed E-state index contributed by atoms with van der Waals surface area (Å²) in [5.74, 6) is 2.63. The fraction of sp³-hybridized carbons (Fsp3) is 1.00. The summed E-state index contributed by atoms with van der Waals surface area (Å²) in [4.78, 5) is 2.71. The minimum Gasteiger partial charge on any atom is -0.379 e. The Bertz CT molecular complexity index is 322. The highest BCUT2D eigenvalue weighted by Gasteiger charge is 2.42. The number of morpholine rings is 1. The molecule has 20 heavy (non-hydrogen) atoms. The highest BCUT2D eigenvalue weighted by Crippen LogP contribution is 2.39. The van der Waals surface area contributed by atoms with E-state index >= 15 is 0 Å². The van der Waals surface area contributed by atoms with Crippen LogP contribution in [0, 0.1) is 5.41 Å². The summed E-state index contributed by atoms with van der Waals surface area (Å²) in [5.41, 5.74) is 0.880. The Morgan fingerprint density at radius 1 is 1.25 bits per heavy atom. The second-order valence-electron chi connectivity index (χ2n) is 7.44. The zero-order valence-corrected chi connectivity index (χ0v) is 13.9. The van der Waals surface area contributed by atoms with E-state index in [0.717, 1.165) is 26.3 Å². The fourth-order valence-corrected chi connectivity index (χ4v) is 5.63. The standard InChI is InChI=1S/C16H30N2OS/c1-15(2)5-3-4-14(15)17-12-16(6-11-20-13-16)18-7-9-19-10-8-18/h14,17H,3-13H2,1-2H3/t14-,16+/m1/s1. The Morgan fingerprint density at radius 2 is 2.05 bits per heavy atom. The topological polar surface area (TPSA) is 24.5 Å². The SMILES string of the molecule is CC1(C)CCC[C@H]1NC[C@@]1(N2CCOCC2)CCSC1. The first kappa shape index (κ1) is 15.1. The first-order valence-corrected chi connectivity index (χ1v) is 9.42. The number of ether oxygens (including phenoxy) is 1. The van der Waals surface area contributed by atoms with Crippen LogP contribution in [0.5, 0.6) is 0 Å². The molecule has 116 valence electrons. The Morgan fingerprint density at radius 3 is 2.65 bits per heavy atom. The summed E-state index contributed by atoms with van der Waals surface area (Å²) < 4.78 is 5.55. The lowest BCUT2D eigenvalue weighted by molar-refractivity contribution is -0.0149. The van der Waals surface area contributed by atoms with Gasteiger partial charge < -0.3 is 10.1 Å². The van der Waals surface area contributed by atoms with Gasteiger partial charge in [-0.3, -0.25) is 4.90 Å². The molecule has 0 aromatic rings. The molecule has 1 N–H and O–H groups in total. The van der Waals surface area contributed by atoms with Crippen molar-refractivity contribution in [1.29, 1.82) is 0 Å². The van der Waals surface area contributed by atoms with Gasteiger partial charge >= 0.3 is 0 Å². The smallest absolute Gasteiger partial charge is 0.0594 e. The molecule has 3 aliphatic rings. The van der Waals surface area contributed by atoms with Gasteiger partial charge in [0.05, 0.1) is 13.2 Å². The second-order valence-corrected chi connectivity index (χ2v) is 8.55. The van der Waals surface area contributed by atoms with E-state index in [1.54, 1.807) is 0 Å². The molecule has 0 aromatic heterocycles. The third kappa shape index (κ3) is 3.03. The molecule has 1 aliphatic carbocycles. The molecule has 0 radical (unpaired) electrons. The number of thioether (sulfide) groups is 1. The van der Waals surface area contributed by atoms with Crippen molar-refractivity contribution in [3.05, 3.63) is 0 Å². The molecule has 0 unspecified atom stereocenters. The lowest BCUT2D eigenvalue weighted by Crippen LogP contribution is -2.60. The van der Waals surface area contributed by atoms with Crippen molar-refractivity contribution in [1.82, 2.24) is 10.2 Å². The Balaban J connectivity index is 1.62. The van der Waals surface area contributed by atoms with Crippen molar-refractivity contribution in [3.8, 4) is 0 Å². The highest BCUT2D eigenvalue weighted by atomic mass is 32.2. The van der Waals surface area contributed by atoms with Gasteiger partial charge in [-0.1, -0.05) is 20.3 Å². The summed E-state index contributed by atoms with van der Waals surface area (Å²) in [7, 11) is 0. The van der Waals surface area contributed by atoms with Gasteiger partial charge in [0.25, 0.3) is 0 Å². The zero-order valence-electron chi connectivity index (χ0n) is 13.1. The molecule has 2 saturated heterocycles. The Kier molecular flexibility index (Phi) is 4.66. The number of nitrogens with zero attached hydrogens (tertiary/aromatic N) is 1. The van der Waals surface area contributed by atoms with E-state index in [1.165, 1.54) is 43.7 Å². The molecular weight excluding hydrogens is 268 g/mol. The van der Waals surface area contributed by atoms with Crippen LogP contribution in [0.25, 0.3) is 0 Å². The Labute approximate surface area is 128 Å². The van der Waals surface area contributed by atoms with Gasteiger partial charge in [0.15, 0.2) is 0 Å². The predicted molar refractivity (Wildman–Crippen MR) is 86.5 cm³/mol. The minimum atomic E-state index is 0.396. The molecule has 0 spiro atoms. The molecule has 3 rings (SSSR count). The highest BCUT2D eigenvalue weighted by molar-refractivity contribution is 7.99. The average Bonchev–Trinajstić information content (AvgIpc) is 3.05. The molecule has 4 heteroatoms. The van der Waals surface area contributed by atoms with Crippen LogP contribution in [0.2, 0.25) is 0 Å². The molecule has 2 aliphatic heterocycles. The summed E-state index contributed by atoms with van der Waals surface area (Å²) in [6, 6.07) is 0.714. The van der Waals surface area contributed by atoms with Crippen LogP contribution >= 0.6 is 11.8 Å². The lowest BCUT2D eigenvalue weighted by Gasteiger charge is -2.44. The molecule has 2 atom stereocenters. The van der Waals surface area contributed by atoms with E-state index in [9.17, 15) is 0 Å². The van der Waals surface area contributed by atoms with E-state index in [2.05, 4.69) is 35.8 Å². The average molecular weight is 298 g/mol. The maximum absolute atomic E-state index is 5.55. The number of nitrogens with one attached hydrogen (secondary N) is 1. The molecule has 2 heterocycles. The first-order valence-electron chi connectivity index (χ1n) is 8.26. The molecule has 0 bridgehead atoms. The van der Waals surface area contributed by atoms with Gasteiger partial charge in [0.2, 0.25) is 0 Å².